The lowest BCUT2D eigenvalue weighted by Gasteiger charge is -2.38. The van der Waals surface area contributed by atoms with Crippen LogP contribution < -0.4 is 26.0 Å². The Morgan fingerprint density at radius 1 is 0.585 bits per heavy atom. The van der Waals surface area contributed by atoms with Crippen molar-refractivity contribution in [2.75, 3.05) is 76.1 Å². The van der Waals surface area contributed by atoms with Gasteiger partial charge in [0, 0.05) is 72.2 Å². The van der Waals surface area contributed by atoms with Gasteiger partial charge in [-0.25, -0.2) is 4.79 Å². The molecule has 94 heavy (non-hydrogen) atoms. The Balaban J connectivity index is 1.90. The maximum absolute atomic E-state index is 15.2. The molecule has 4 rings (SSSR count). The number of methoxy groups -OCH3 is 1. The van der Waals surface area contributed by atoms with Crippen molar-refractivity contribution in [1.82, 2.24) is 55.6 Å². The molecule has 1 heterocycles. The number of hydrogen-bond acceptors (Lipinski definition) is 13. The number of halogens is 1. The van der Waals surface area contributed by atoms with E-state index < -0.39 is 151 Å². The summed E-state index contributed by atoms with van der Waals surface area (Å²) in [6.07, 6.45) is -0.644. The van der Waals surface area contributed by atoms with Crippen molar-refractivity contribution in [3.05, 3.63) is 98.6 Å². The number of ether oxygens (including phenoxy) is 1. The van der Waals surface area contributed by atoms with E-state index in [4.69, 9.17) is 4.74 Å². The average Bonchev–Trinajstić information content (AvgIpc) is 0.819. The smallest absolute Gasteiger partial charge is 0.326 e. The summed E-state index contributed by atoms with van der Waals surface area (Å²) in [5.74, 6) is -10.4. The molecule has 8 atom stereocenters. The quantitative estimate of drug-likeness (QED) is 0.145. The van der Waals surface area contributed by atoms with E-state index in [1.165, 1.54) is 75.2 Å². The van der Waals surface area contributed by atoms with E-state index in [1.807, 2.05) is 31.2 Å². The lowest BCUT2D eigenvalue weighted by atomic mass is 9.95. The highest BCUT2D eigenvalue weighted by atomic mass is 127. The van der Waals surface area contributed by atoms with Gasteiger partial charge in [-0.3, -0.25) is 52.7 Å². The molecule has 3 aromatic rings. The average molecular weight is 1420 g/mol. The Bertz CT molecular complexity index is 3200. The number of amides is 11. The summed E-state index contributed by atoms with van der Waals surface area (Å²) < 4.78 is 6.19. The van der Waals surface area contributed by atoms with E-state index in [0.29, 0.717) is 28.9 Å². The molecule has 1 saturated heterocycles. The molecule has 0 bridgehead atoms. The molecule has 5 N–H and O–H groups in total. The number of carbonyl (C=O) groups is 12. The fraction of sp³-hybridized carbons (Fsp3) is 0.559. The summed E-state index contributed by atoms with van der Waals surface area (Å²) in [7, 11) is 10.8. The molecular formula is C68H98IN11O14. The van der Waals surface area contributed by atoms with Crippen molar-refractivity contribution < 1.29 is 67.4 Å². The summed E-state index contributed by atoms with van der Waals surface area (Å²) >= 11 is 2.11. The van der Waals surface area contributed by atoms with Gasteiger partial charge in [0.05, 0.1) is 33.2 Å². The number of nitrogens with one attached hydrogen (secondary N) is 4. The van der Waals surface area contributed by atoms with Gasteiger partial charge in [0.15, 0.2) is 0 Å². The molecule has 3 aromatic carbocycles. The number of carboxylic acid groups (broad SMARTS) is 1. The first-order chi connectivity index (χ1) is 43.9. The predicted octanol–water partition coefficient (Wildman–Crippen LogP) is 3.30. The third kappa shape index (κ3) is 22.0. The monoisotopic (exact) mass is 1420 g/mol. The standard InChI is InChI=1S/C68H98IN11O14/c1-18-43(7)59-65(90)76(12)38-57(83)74(10)39-58(84)78(14)53(35-45-24-22-42(6)23-25-45)64(89)75(11)37-55(81)70-49(34-46-20-19-21-47(69)32-46)60(85)71-51(33-44-26-28-48(94-17)29-27-44)63(88)80(16)68(8,9)67(93)72-50(30-40(2)3)62(87)79(15)54(66(91)92)36-56(82)77(13)52(31-41(4)5)61(86)73-59/h19-29,32,40-41,43,49-54,59H,18,30-31,33-39H2,1-17H3,(H,70,81)(H,71,85)(H,72,93)(H,73,86)(H,91,92)/t43-,49-,50-,51-,52-,53+,54-,59-/m0/s1. The van der Waals surface area contributed by atoms with E-state index in [2.05, 4.69) is 43.9 Å². The number of likely N-dealkylation sites (N-methyl/N-ethyl adjacent to an activating group) is 7. The largest absolute Gasteiger partial charge is 0.497 e. The van der Waals surface area contributed by atoms with Gasteiger partial charge >= 0.3 is 5.97 Å². The zero-order valence-electron chi connectivity index (χ0n) is 57.5. The minimum absolute atomic E-state index is 0.0159. The number of carbonyl (C=O) groups excluding carboxylic acids is 11. The van der Waals surface area contributed by atoms with Crippen molar-refractivity contribution in [1.29, 1.82) is 0 Å². The minimum Gasteiger partial charge on any atom is -0.497 e. The first kappa shape index (κ1) is 78.3. The first-order valence-corrected chi connectivity index (χ1v) is 32.7. The third-order valence-corrected chi connectivity index (χ3v) is 18.0. The number of aryl methyl sites for hydroxylation is 1. The fourth-order valence-corrected chi connectivity index (χ4v) is 11.3. The second kappa shape index (κ2) is 35.4. The summed E-state index contributed by atoms with van der Waals surface area (Å²) in [5.41, 5.74) is 0.994. The third-order valence-electron chi connectivity index (χ3n) is 17.3. The molecule has 1 fully saturated rings. The number of hydrogen-bond donors (Lipinski definition) is 5. The molecule has 0 saturated carbocycles. The molecule has 0 radical (unpaired) electrons. The molecule has 516 valence electrons. The molecule has 0 aromatic heterocycles. The van der Waals surface area contributed by atoms with Crippen LogP contribution >= 0.6 is 22.6 Å². The molecule has 11 amide bonds. The second-order valence-electron chi connectivity index (χ2n) is 26.1. The van der Waals surface area contributed by atoms with Crippen LogP contribution in [0.1, 0.15) is 103 Å². The van der Waals surface area contributed by atoms with Gasteiger partial charge < -0.3 is 65.4 Å². The van der Waals surface area contributed by atoms with Crippen molar-refractivity contribution in [2.45, 2.75) is 155 Å². The van der Waals surface area contributed by atoms with Crippen LogP contribution in [-0.2, 0) is 76.8 Å². The number of nitrogens with zero attached hydrogens (tertiary/aromatic N) is 7. The zero-order valence-corrected chi connectivity index (χ0v) is 59.7. The number of carboxylic acids is 1. The van der Waals surface area contributed by atoms with Crippen molar-refractivity contribution >= 4 is 93.5 Å². The van der Waals surface area contributed by atoms with Crippen LogP contribution in [0.15, 0.2) is 72.8 Å². The number of benzene rings is 3. The molecule has 0 spiro atoms. The Hall–Kier alpha value is -8.17. The molecule has 1 aliphatic rings. The predicted molar refractivity (Wildman–Crippen MR) is 362 cm³/mol. The van der Waals surface area contributed by atoms with Crippen LogP contribution in [0.4, 0.5) is 0 Å². The Morgan fingerprint density at radius 2 is 1.14 bits per heavy atom. The van der Waals surface area contributed by atoms with Gasteiger partial charge in [-0.05, 0) is 115 Å². The van der Waals surface area contributed by atoms with Gasteiger partial charge in [0.25, 0.3) is 0 Å². The topological polar surface area (TPSA) is 305 Å². The van der Waals surface area contributed by atoms with Gasteiger partial charge in [-0.1, -0.05) is 102 Å². The lowest BCUT2D eigenvalue weighted by molar-refractivity contribution is -0.154. The first-order valence-electron chi connectivity index (χ1n) is 31.6. The van der Waals surface area contributed by atoms with Crippen LogP contribution in [0.2, 0.25) is 0 Å². The molecule has 26 heteroatoms. The summed E-state index contributed by atoms with van der Waals surface area (Å²) in [6.45, 7) is 13.7. The van der Waals surface area contributed by atoms with Crippen LogP contribution in [0.5, 0.6) is 5.75 Å². The highest BCUT2D eigenvalue weighted by molar-refractivity contribution is 14.1. The summed E-state index contributed by atoms with van der Waals surface area (Å²) in [5, 5.41) is 21.9. The maximum Gasteiger partial charge on any atom is 0.326 e. The van der Waals surface area contributed by atoms with E-state index in [9.17, 15) is 57.8 Å². The van der Waals surface area contributed by atoms with Crippen molar-refractivity contribution in [3.8, 4) is 5.75 Å². The Morgan fingerprint density at radius 3 is 1.70 bits per heavy atom. The Labute approximate surface area is 566 Å². The molecular weight excluding hydrogens is 1320 g/mol. The number of aliphatic carboxylic acids is 1. The minimum atomic E-state index is -1.82. The summed E-state index contributed by atoms with van der Waals surface area (Å²) in [6, 6.07) is 11.4. The maximum atomic E-state index is 15.2. The SMILES string of the molecule is CC[C@H](C)[C@@H]1NC(=O)[C@H](CC(C)C)N(C)C(=O)C[C@@H](C(=O)O)N(C)C(=O)[C@H](CC(C)C)NC(=O)C(C)(C)N(C)C(=O)[C@H](Cc2ccc(OC)cc2)NC(=O)[C@H](Cc2cccc(I)c2)NC(=O)CN(C)C(=O)[C@@H](Cc2ccc(C)cc2)N(C)C(=O)CN(C)C(=O)CN(C)C1=O. The van der Waals surface area contributed by atoms with Gasteiger partial charge in [-0.15, -0.1) is 0 Å². The number of rotatable bonds is 14. The van der Waals surface area contributed by atoms with Crippen LogP contribution in [0.25, 0.3) is 0 Å². The normalized spacial score (nSPS) is 22.9. The van der Waals surface area contributed by atoms with E-state index in [1.54, 1.807) is 90.1 Å². The lowest BCUT2D eigenvalue weighted by Crippen LogP contribution is -2.63. The van der Waals surface area contributed by atoms with Crippen molar-refractivity contribution in [2.24, 2.45) is 17.8 Å². The fourth-order valence-electron chi connectivity index (χ4n) is 10.7. The highest BCUT2D eigenvalue weighted by Gasteiger charge is 2.44. The highest BCUT2D eigenvalue weighted by Crippen LogP contribution is 2.23. The van der Waals surface area contributed by atoms with Crippen LogP contribution in [-0.4, -0.2) is 234 Å². The van der Waals surface area contributed by atoms with Gasteiger partial charge in [0.1, 0.15) is 53.6 Å². The second-order valence-corrected chi connectivity index (χ2v) is 27.3. The van der Waals surface area contributed by atoms with E-state index in [-0.39, 0.29) is 43.9 Å². The van der Waals surface area contributed by atoms with E-state index in [0.717, 1.165) is 38.5 Å². The Kier molecular flexibility index (Phi) is 29.5. The van der Waals surface area contributed by atoms with Crippen LogP contribution in [0, 0.1) is 28.2 Å². The molecule has 1 aliphatic heterocycles. The van der Waals surface area contributed by atoms with E-state index >= 15 is 4.79 Å². The van der Waals surface area contributed by atoms with Gasteiger partial charge in [-0.2, -0.15) is 0 Å². The molecule has 0 aliphatic carbocycles. The molecule has 25 nitrogen and oxygen atoms in total. The molecule has 0 unspecified atom stereocenters. The van der Waals surface area contributed by atoms with Gasteiger partial charge in [0.2, 0.25) is 65.0 Å². The zero-order chi connectivity index (χ0) is 70.8. The van der Waals surface area contributed by atoms with Crippen LogP contribution in [0.3, 0.4) is 0 Å². The summed E-state index contributed by atoms with van der Waals surface area (Å²) in [4.78, 5) is 181. The van der Waals surface area contributed by atoms with Crippen molar-refractivity contribution in [3.63, 3.8) is 0 Å².